The van der Waals surface area contributed by atoms with Gasteiger partial charge >= 0.3 is 12.1 Å². The molecule has 0 spiro atoms. The molecule has 0 saturated heterocycles. The lowest BCUT2D eigenvalue weighted by molar-refractivity contribution is -0.274. The summed E-state index contributed by atoms with van der Waals surface area (Å²) in [6, 6.07) is 3.38. The van der Waals surface area contributed by atoms with Crippen molar-refractivity contribution in [2.75, 3.05) is 0 Å². The Balaban J connectivity index is 3.36. The molecule has 7 heteroatoms. The molecule has 0 aliphatic rings. The molecule has 17 heavy (non-hydrogen) atoms. The molecule has 1 aromatic carbocycles. The molecule has 0 heterocycles. The summed E-state index contributed by atoms with van der Waals surface area (Å²) in [5.74, 6) is -1.94. The molecule has 4 nitrogen and oxygen atoms in total. The number of hydrogen-bond acceptors (Lipinski definition) is 3. The van der Waals surface area contributed by atoms with Gasteiger partial charge in [-0.1, -0.05) is 30.3 Å². The number of carboxylic acid groups (broad SMARTS) is 1. The van der Waals surface area contributed by atoms with Crippen LogP contribution in [0.2, 0.25) is 0 Å². The molecule has 0 bridgehead atoms. The van der Waals surface area contributed by atoms with E-state index < -0.39 is 29.4 Å². The summed E-state index contributed by atoms with van der Waals surface area (Å²) in [6.07, 6.45) is -5.19. The van der Waals surface area contributed by atoms with Crippen LogP contribution in [0.15, 0.2) is 30.3 Å². The molecule has 1 rings (SSSR count). The summed E-state index contributed by atoms with van der Waals surface area (Å²) in [5.41, 5.74) is 0.724. The van der Waals surface area contributed by atoms with E-state index in [0.717, 1.165) is 12.1 Å². The summed E-state index contributed by atoms with van der Waals surface area (Å²) in [7, 11) is 0. The quantitative estimate of drug-likeness (QED) is 0.741. The number of hydrogen-bond donors (Lipinski definition) is 3. The molecule has 2 unspecified atom stereocenters. The first-order valence-corrected chi connectivity index (χ1v) is 4.54. The summed E-state index contributed by atoms with van der Waals surface area (Å²) in [4.78, 5) is 10.6. The number of carboxylic acids is 1. The first-order valence-electron chi connectivity index (χ1n) is 4.54. The first kappa shape index (κ1) is 13.5. The fraction of sp³-hybridized carbons (Fsp3) is 0.300. The maximum absolute atomic E-state index is 12.8. The Morgan fingerprint density at radius 2 is 1.71 bits per heavy atom. The molecule has 0 aliphatic carbocycles. The molecule has 0 fully saturated rings. The van der Waals surface area contributed by atoms with E-state index in [1.54, 1.807) is 0 Å². The van der Waals surface area contributed by atoms with Gasteiger partial charge in [-0.25, -0.2) is 0 Å². The van der Waals surface area contributed by atoms with E-state index in [4.69, 9.17) is 10.8 Å². The Labute approximate surface area is 94.5 Å². The summed E-state index contributed by atoms with van der Waals surface area (Å²) < 4.78 is 38.4. The SMILES string of the molecule is NC(C(=O)O)C(O)(c1ccccc1)C(F)(F)F. The van der Waals surface area contributed by atoms with E-state index in [2.05, 4.69) is 0 Å². The second-order valence-corrected chi connectivity index (χ2v) is 3.45. The second-order valence-electron chi connectivity index (χ2n) is 3.45. The van der Waals surface area contributed by atoms with Crippen LogP contribution in [-0.4, -0.2) is 28.4 Å². The van der Waals surface area contributed by atoms with Crippen LogP contribution in [0.4, 0.5) is 13.2 Å². The van der Waals surface area contributed by atoms with Crippen LogP contribution in [0.5, 0.6) is 0 Å². The van der Waals surface area contributed by atoms with Crippen molar-refractivity contribution < 1.29 is 28.2 Å². The van der Waals surface area contributed by atoms with E-state index in [1.165, 1.54) is 18.2 Å². The molecule has 0 saturated carbocycles. The van der Waals surface area contributed by atoms with Crippen molar-refractivity contribution in [3.63, 3.8) is 0 Å². The molecular weight excluding hydrogens is 239 g/mol. The van der Waals surface area contributed by atoms with Crippen LogP contribution in [0.25, 0.3) is 0 Å². The minimum atomic E-state index is -5.19. The third-order valence-electron chi connectivity index (χ3n) is 2.36. The minimum absolute atomic E-state index is 0.609. The molecule has 0 aromatic heterocycles. The number of carbonyl (C=O) groups is 1. The zero-order valence-corrected chi connectivity index (χ0v) is 8.48. The summed E-state index contributed by atoms with van der Waals surface area (Å²) in [5, 5.41) is 18.2. The van der Waals surface area contributed by atoms with Gasteiger partial charge in [-0.15, -0.1) is 0 Å². The minimum Gasteiger partial charge on any atom is -0.480 e. The average molecular weight is 249 g/mol. The molecule has 2 atom stereocenters. The molecule has 0 aliphatic heterocycles. The Hall–Kier alpha value is -1.60. The Morgan fingerprint density at radius 3 is 2.06 bits per heavy atom. The highest BCUT2D eigenvalue weighted by Gasteiger charge is 2.61. The Morgan fingerprint density at radius 1 is 1.24 bits per heavy atom. The molecule has 4 N–H and O–H groups in total. The zero-order chi connectivity index (χ0) is 13.3. The number of alkyl halides is 3. The fourth-order valence-electron chi connectivity index (χ4n) is 1.39. The first-order chi connectivity index (χ1) is 7.71. The number of halogens is 3. The smallest absolute Gasteiger partial charge is 0.423 e. The molecule has 0 radical (unpaired) electrons. The monoisotopic (exact) mass is 249 g/mol. The van der Waals surface area contributed by atoms with Crippen LogP contribution in [0.3, 0.4) is 0 Å². The number of benzene rings is 1. The van der Waals surface area contributed by atoms with Gasteiger partial charge in [0.2, 0.25) is 5.60 Å². The van der Waals surface area contributed by atoms with Gasteiger partial charge in [0.1, 0.15) is 6.04 Å². The van der Waals surface area contributed by atoms with Crippen LogP contribution in [0.1, 0.15) is 5.56 Å². The van der Waals surface area contributed by atoms with E-state index in [0.29, 0.717) is 0 Å². The van der Waals surface area contributed by atoms with Gasteiger partial charge in [-0.05, 0) is 5.56 Å². The number of rotatable bonds is 3. The molecule has 0 amide bonds. The molecule has 1 aromatic rings. The van der Waals surface area contributed by atoms with Crippen molar-refractivity contribution in [2.45, 2.75) is 17.8 Å². The van der Waals surface area contributed by atoms with Crippen molar-refractivity contribution in [2.24, 2.45) is 5.73 Å². The lowest BCUT2D eigenvalue weighted by Crippen LogP contribution is -2.59. The van der Waals surface area contributed by atoms with Crippen LogP contribution in [0, 0.1) is 0 Å². The van der Waals surface area contributed by atoms with Gasteiger partial charge in [0, 0.05) is 0 Å². The van der Waals surface area contributed by atoms with Gasteiger partial charge in [-0.3, -0.25) is 4.79 Å². The highest BCUT2D eigenvalue weighted by atomic mass is 19.4. The molecular formula is C10H10F3NO3. The summed E-state index contributed by atoms with van der Waals surface area (Å²) >= 11 is 0. The standard InChI is InChI=1S/C10H10F3NO3/c11-10(12,13)9(17,7(14)8(15)16)6-4-2-1-3-5-6/h1-5,7,17H,14H2,(H,15,16). The molecule has 94 valence electrons. The van der Waals surface area contributed by atoms with Crippen molar-refractivity contribution in [3.8, 4) is 0 Å². The van der Waals surface area contributed by atoms with Gasteiger partial charge < -0.3 is 15.9 Å². The third kappa shape index (κ3) is 2.25. The van der Waals surface area contributed by atoms with Gasteiger partial charge in [0.25, 0.3) is 0 Å². The number of nitrogens with two attached hydrogens (primary N) is 1. The van der Waals surface area contributed by atoms with E-state index in [-0.39, 0.29) is 0 Å². The second kappa shape index (κ2) is 4.34. The van der Waals surface area contributed by atoms with Gasteiger partial charge in [-0.2, -0.15) is 13.2 Å². The number of aliphatic carboxylic acids is 1. The normalized spacial score (nSPS) is 17.2. The number of aliphatic hydroxyl groups is 1. The lowest BCUT2D eigenvalue weighted by atomic mass is 9.86. The fourth-order valence-corrected chi connectivity index (χ4v) is 1.39. The van der Waals surface area contributed by atoms with E-state index in [1.807, 2.05) is 0 Å². The maximum atomic E-state index is 12.8. The van der Waals surface area contributed by atoms with E-state index >= 15 is 0 Å². The topological polar surface area (TPSA) is 83.6 Å². The predicted octanol–water partition coefficient (Wildman–Crippen LogP) is 0.848. The Bertz CT molecular complexity index is 407. The van der Waals surface area contributed by atoms with Crippen molar-refractivity contribution in [1.29, 1.82) is 0 Å². The Kier molecular flexibility index (Phi) is 3.44. The van der Waals surface area contributed by atoms with Crippen molar-refractivity contribution in [1.82, 2.24) is 0 Å². The largest absolute Gasteiger partial charge is 0.480 e. The predicted molar refractivity (Wildman–Crippen MR) is 52.0 cm³/mol. The van der Waals surface area contributed by atoms with Gasteiger partial charge in [0.05, 0.1) is 0 Å². The van der Waals surface area contributed by atoms with E-state index in [9.17, 15) is 23.1 Å². The van der Waals surface area contributed by atoms with Crippen LogP contribution in [-0.2, 0) is 10.4 Å². The van der Waals surface area contributed by atoms with Crippen molar-refractivity contribution in [3.05, 3.63) is 35.9 Å². The van der Waals surface area contributed by atoms with Crippen molar-refractivity contribution >= 4 is 5.97 Å². The van der Waals surface area contributed by atoms with Gasteiger partial charge in [0.15, 0.2) is 0 Å². The summed E-state index contributed by atoms with van der Waals surface area (Å²) in [6.45, 7) is 0. The third-order valence-corrected chi connectivity index (χ3v) is 2.36. The highest BCUT2D eigenvalue weighted by Crippen LogP contribution is 2.40. The lowest BCUT2D eigenvalue weighted by Gasteiger charge is -2.33. The zero-order valence-electron chi connectivity index (χ0n) is 8.48. The van der Waals surface area contributed by atoms with Crippen LogP contribution < -0.4 is 5.73 Å². The average Bonchev–Trinajstić information content (AvgIpc) is 2.26. The highest BCUT2D eigenvalue weighted by molar-refractivity contribution is 5.75. The van der Waals surface area contributed by atoms with Crippen LogP contribution >= 0.6 is 0 Å². The maximum Gasteiger partial charge on any atom is 0.423 e.